The highest BCUT2D eigenvalue weighted by Crippen LogP contribution is 2.10. The van der Waals surface area contributed by atoms with Gasteiger partial charge in [-0.3, -0.25) is 0 Å². The Bertz CT molecular complexity index is 139. The Morgan fingerprint density at radius 1 is 1.50 bits per heavy atom. The third kappa shape index (κ3) is 7.65. The lowest BCUT2D eigenvalue weighted by Gasteiger charge is -2.25. The van der Waals surface area contributed by atoms with Crippen molar-refractivity contribution in [1.82, 2.24) is 5.32 Å². The highest BCUT2D eigenvalue weighted by atomic mass is 32.2. The summed E-state index contributed by atoms with van der Waals surface area (Å²) in [6.07, 6.45) is 5.73. The average Bonchev–Trinajstić information content (AvgIpc) is 2.11. The molecule has 0 aliphatic rings. The van der Waals surface area contributed by atoms with Crippen LogP contribution in [-0.2, 0) is 0 Å². The van der Waals surface area contributed by atoms with Crippen LogP contribution in [-0.4, -0.2) is 35.3 Å². The Balaban J connectivity index is 3.58. The van der Waals surface area contributed by atoms with Crippen LogP contribution in [0.5, 0.6) is 0 Å². The van der Waals surface area contributed by atoms with E-state index >= 15 is 0 Å². The van der Waals surface area contributed by atoms with Crippen molar-refractivity contribution in [3.63, 3.8) is 0 Å². The molecule has 0 heterocycles. The molecule has 86 valence electrons. The largest absolute Gasteiger partial charge is 0.388 e. The molecule has 0 rings (SSSR count). The number of hydrogen-bond donors (Lipinski definition) is 2. The molecule has 2 nitrogen and oxygen atoms in total. The molecule has 2 N–H and O–H groups in total. The molecule has 0 aromatic carbocycles. The van der Waals surface area contributed by atoms with Gasteiger partial charge >= 0.3 is 0 Å². The molecular weight excluding hydrogens is 194 g/mol. The van der Waals surface area contributed by atoms with Crippen molar-refractivity contribution >= 4 is 11.8 Å². The number of unbranched alkanes of at least 4 members (excludes halogenated alkanes) is 1. The summed E-state index contributed by atoms with van der Waals surface area (Å²) in [5.41, 5.74) is -0.570. The van der Waals surface area contributed by atoms with Crippen molar-refractivity contribution in [2.24, 2.45) is 0 Å². The van der Waals surface area contributed by atoms with E-state index < -0.39 is 5.60 Å². The van der Waals surface area contributed by atoms with Crippen LogP contribution < -0.4 is 5.32 Å². The van der Waals surface area contributed by atoms with Crippen LogP contribution in [0.3, 0.4) is 0 Å². The minimum atomic E-state index is -0.570. The predicted octanol–water partition coefficient (Wildman–Crippen LogP) is 2.27. The molecule has 2 atom stereocenters. The van der Waals surface area contributed by atoms with Crippen molar-refractivity contribution < 1.29 is 5.11 Å². The van der Waals surface area contributed by atoms with Crippen LogP contribution in [0.25, 0.3) is 0 Å². The summed E-state index contributed by atoms with van der Waals surface area (Å²) in [6, 6.07) is 0.517. The third-order valence-corrected chi connectivity index (χ3v) is 3.19. The molecule has 0 saturated carbocycles. The quantitative estimate of drug-likeness (QED) is 0.657. The third-order valence-electron chi connectivity index (χ3n) is 2.28. The molecule has 0 aromatic rings. The summed E-state index contributed by atoms with van der Waals surface area (Å²) in [4.78, 5) is 0. The zero-order valence-corrected chi connectivity index (χ0v) is 10.8. The first-order valence-corrected chi connectivity index (χ1v) is 6.86. The van der Waals surface area contributed by atoms with Gasteiger partial charge < -0.3 is 10.4 Å². The van der Waals surface area contributed by atoms with Gasteiger partial charge in [-0.15, -0.1) is 0 Å². The molecule has 0 aromatic heterocycles. The highest BCUT2D eigenvalue weighted by Gasteiger charge is 2.19. The second kappa shape index (κ2) is 7.55. The van der Waals surface area contributed by atoms with Crippen LogP contribution in [0.4, 0.5) is 0 Å². The van der Waals surface area contributed by atoms with E-state index in [2.05, 4.69) is 19.2 Å². The molecule has 0 aliphatic carbocycles. The SMILES string of the molecule is CCCCC(C)NCC(C)(O)CSC. The van der Waals surface area contributed by atoms with E-state index in [9.17, 15) is 5.11 Å². The number of hydrogen-bond acceptors (Lipinski definition) is 3. The normalized spacial score (nSPS) is 17.8. The monoisotopic (exact) mass is 219 g/mol. The van der Waals surface area contributed by atoms with Gasteiger partial charge in [0.15, 0.2) is 0 Å². The summed E-state index contributed by atoms with van der Waals surface area (Å²) < 4.78 is 0. The summed E-state index contributed by atoms with van der Waals surface area (Å²) in [5.74, 6) is 0.792. The summed E-state index contributed by atoms with van der Waals surface area (Å²) in [7, 11) is 0. The fourth-order valence-corrected chi connectivity index (χ4v) is 2.09. The molecule has 0 bridgehead atoms. The number of nitrogens with one attached hydrogen (secondary N) is 1. The van der Waals surface area contributed by atoms with Crippen molar-refractivity contribution in [3.8, 4) is 0 Å². The first kappa shape index (κ1) is 14.3. The number of thioether (sulfide) groups is 1. The highest BCUT2D eigenvalue weighted by molar-refractivity contribution is 7.98. The van der Waals surface area contributed by atoms with E-state index in [4.69, 9.17) is 0 Å². The Hall–Kier alpha value is 0.270. The van der Waals surface area contributed by atoms with Crippen LogP contribution in [0, 0.1) is 0 Å². The van der Waals surface area contributed by atoms with Gasteiger partial charge in [0.25, 0.3) is 0 Å². The second-order valence-corrected chi connectivity index (χ2v) is 5.22. The molecule has 0 spiro atoms. The van der Waals surface area contributed by atoms with E-state index in [-0.39, 0.29) is 0 Å². The summed E-state index contributed by atoms with van der Waals surface area (Å²) >= 11 is 1.69. The summed E-state index contributed by atoms with van der Waals surface area (Å²) in [5, 5.41) is 13.3. The lowest BCUT2D eigenvalue weighted by Crippen LogP contribution is -2.43. The standard InChI is InChI=1S/C11H25NOS/c1-5-6-7-10(2)12-8-11(3,13)9-14-4/h10,12-13H,5-9H2,1-4H3. The minimum absolute atomic E-state index is 0.517. The topological polar surface area (TPSA) is 32.3 Å². The zero-order valence-electron chi connectivity index (χ0n) is 9.97. The zero-order chi connectivity index (χ0) is 11.0. The smallest absolute Gasteiger partial charge is 0.0833 e. The molecular formula is C11H25NOS. The van der Waals surface area contributed by atoms with E-state index in [0.717, 1.165) is 5.75 Å². The van der Waals surface area contributed by atoms with Crippen LogP contribution >= 0.6 is 11.8 Å². The Kier molecular flexibility index (Phi) is 7.69. The van der Waals surface area contributed by atoms with Crippen molar-refractivity contribution in [2.45, 2.75) is 51.7 Å². The minimum Gasteiger partial charge on any atom is -0.388 e. The maximum atomic E-state index is 9.91. The van der Waals surface area contributed by atoms with Gasteiger partial charge in [-0.1, -0.05) is 19.8 Å². The van der Waals surface area contributed by atoms with Gasteiger partial charge in [-0.05, 0) is 26.5 Å². The van der Waals surface area contributed by atoms with E-state index in [1.165, 1.54) is 19.3 Å². The Morgan fingerprint density at radius 3 is 2.64 bits per heavy atom. The van der Waals surface area contributed by atoms with Gasteiger partial charge in [-0.2, -0.15) is 11.8 Å². The molecule has 0 amide bonds. The van der Waals surface area contributed by atoms with Crippen LogP contribution in [0.2, 0.25) is 0 Å². The van der Waals surface area contributed by atoms with Gasteiger partial charge in [0.1, 0.15) is 0 Å². The number of aliphatic hydroxyl groups is 1. The molecule has 2 unspecified atom stereocenters. The van der Waals surface area contributed by atoms with E-state index in [1.54, 1.807) is 11.8 Å². The fourth-order valence-electron chi connectivity index (χ4n) is 1.37. The van der Waals surface area contributed by atoms with Crippen molar-refractivity contribution in [2.75, 3.05) is 18.6 Å². The Labute approximate surface area is 92.9 Å². The maximum Gasteiger partial charge on any atom is 0.0833 e. The molecule has 0 aliphatic heterocycles. The van der Waals surface area contributed by atoms with Crippen LogP contribution in [0.1, 0.15) is 40.0 Å². The van der Waals surface area contributed by atoms with Gasteiger partial charge in [0.2, 0.25) is 0 Å². The lowest BCUT2D eigenvalue weighted by atomic mass is 10.1. The first-order valence-electron chi connectivity index (χ1n) is 5.46. The number of rotatable bonds is 8. The van der Waals surface area contributed by atoms with Crippen molar-refractivity contribution in [3.05, 3.63) is 0 Å². The summed E-state index contributed by atoms with van der Waals surface area (Å²) in [6.45, 7) is 6.98. The van der Waals surface area contributed by atoms with E-state index in [0.29, 0.717) is 12.6 Å². The second-order valence-electron chi connectivity index (χ2n) is 4.35. The van der Waals surface area contributed by atoms with Crippen LogP contribution in [0.15, 0.2) is 0 Å². The molecule has 3 heteroatoms. The van der Waals surface area contributed by atoms with E-state index in [1.807, 2.05) is 13.2 Å². The predicted molar refractivity (Wildman–Crippen MR) is 66.0 cm³/mol. The lowest BCUT2D eigenvalue weighted by molar-refractivity contribution is 0.0816. The van der Waals surface area contributed by atoms with Gasteiger partial charge in [0.05, 0.1) is 5.60 Å². The average molecular weight is 219 g/mol. The first-order chi connectivity index (χ1) is 6.52. The molecule has 0 radical (unpaired) electrons. The van der Waals surface area contributed by atoms with Crippen molar-refractivity contribution in [1.29, 1.82) is 0 Å². The fraction of sp³-hybridized carbons (Fsp3) is 1.00. The molecule has 14 heavy (non-hydrogen) atoms. The maximum absolute atomic E-state index is 9.91. The molecule has 0 saturated heterocycles. The van der Waals surface area contributed by atoms with Gasteiger partial charge in [0, 0.05) is 18.3 Å². The molecule has 0 fully saturated rings. The van der Waals surface area contributed by atoms with Gasteiger partial charge in [-0.25, -0.2) is 0 Å². The Morgan fingerprint density at radius 2 is 2.14 bits per heavy atom.